The van der Waals surface area contributed by atoms with E-state index in [1.165, 1.54) is 11.3 Å². The summed E-state index contributed by atoms with van der Waals surface area (Å²) in [5.41, 5.74) is 0.693. The van der Waals surface area contributed by atoms with Crippen LogP contribution in [0.4, 0.5) is 0 Å². The summed E-state index contributed by atoms with van der Waals surface area (Å²) in [6.07, 6.45) is 0. The molecule has 0 unspecified atom stereocenters. The first kappa shape index (κ1) is 17.1. The van der Waals surface area contributed by atoms with Crippen LogP contribution in [-0.4, -0.2) is 41.8 Å². The van der Waals surface area contributed by atoms with Gasteiger partial charge in [-0.15, -0.1) is 0 Å². The number of aromatic nitrogens is 3. The van der Waals surface area contributed by atoms with Crippen LogP contribution < -0.4 is 0 Å². The Kier molecular flexibility index (Phi) is 5.35. The van der Waals surface area contributed by atoms with E-state index < -0.39 is 14.0 Å². The molecule has 0 bridgehead atoms. The van der Waals surface area contributed by atoms with Gasteiger partial charge >= 0.3 is 5.97 Å². The van der Waals surface area contributed by atoms with E-state index in [2.05, 4.69) is 29.6 Å². The van der Waals surface area contributed by atoms with Crippen LogP contribution in [0.5, 0.6) is 0 Å². The average molecular weight is 342 g/mol. The van der Waals surface area contributed by atoms with Crippen molar-refractivity contribution in [3.63, 3.8) is 0 Å². The number of rotatable bonds is 7. The molecule has 0 aromatic carbocycles. The van der Waals surface area contributed by atoms with Crippen molar-refractivity contribution in [2.75, 3.05) is 13.2 Å². The molecular formula is C14H23N3O3SSi. The van der Waals surface area contributed by atoms with Crippen molar-refractivity contribution in [3.8, 4) is 0 Å². The maximum absolute atomic E-state index is 11.7. The van der Waals surface area contributed by atoms with Gasteiger partial charge in [0.05, 0.1) is 6.61 Å². The Bertz CT molecular complexity index is 660. The second-order valence-electron chi connectivity index (χ2n) is 6.30. The topological polar surface area (TPSA) is 66.2 Å². The highest BCUT2D eigenvalue weighted by Crippen LogP contribution is 2.23. The van der Waals surface area contributed by atoms with Crippen molar-refractivity contribution in [1.29, 1.82) is 0 Å². The SMILES string of the molecule is CCOC(=O)c1nc2c(nc(C)n2COCC[Si](C)(C)C)s1. The quantitative estimate of drug-likeness (QED) is 0.439. The first-order chi connectivity index (χ1) is 10.3. The number of aryl methyl sites for hydroxylation is 1. The molecule has 0 N–H and O–H groups in total. The maximum Gasteiger partial charge on any atom is 0.367 e. The van der Waals surface area contributed by atoms with E-state index in [0.29, 0.717) is 24.0 Å². The van der Waals surface area contributed by atoms with E-state index in [-0.39, 0.29) is 0 Å². The third-order valence-electron chi connectivity index (χ3n) is 3.17. The highest BCUT2D eigenvalue weighted by atomic mass is 32.1. The molecule has 6 nitrogen and oxygen atoms in total. The predicted molar refractivity (Wildman–Crippen MR) is 90.2 cm³/mol. The summed E-state index contributed by atoms with van der Waals surface area (Å²) in [6, 6.07) is 1.12. The Balaban J connectivity index is 2.08. The lowest BCUT2D eigenvalue weighted by molar-refractivity contribution is 0.0525. The number of imidazole rings is 1. The number of fused-ring (bicyclic) bond motifs is 1. The number of esters is 1. The van der Waals surface area contributed by atoms with Crippen LogP contribution >= 0.6 is 11.3 Å². The lowest BCUT2D eigenvalue weighted by Gasteiger charge is -2.15. The van der Waals surface area contributed by atoms with Crippen molar-refractivity contribution in [2.24, 2.45) is 0 Å². The summed E-state index contributed by atoms with van der Waals surface area (Å²) in [4.78, 5) is 21.3. The van der Waals surface area contributed by atoms with Gasteiger partial charge in [-0.25, -0.2) is 14.8 Å². The van der Waals surface area contributed by atoms with E-state index in [4.69, 9.17) is 9.47 Å². The minimum atomic E-state index is -1.09. The van der Waals surface area contributed by atoms with Crippen molar-refractivity contribution in [2.45, 2.75) is 46.3 Å². The van der Waals surface area contributed by atoms with Gasteiger partial charge in [0.25, 0.3) is 0 Å². The molecule has 0 fully saturated rings. The van der Waals surface area contributed by atoms with Crippen LogP contribution in [0.2, 0.25) is 25.7 Å². The van der Waals surface area contributed by atoms with E-state index in [0.717, 1.165) is 23.3 Å². The average Bonchev–Trinajstić information content (AvgIpc) is 2.92. The number of carbonyl (C=O) groups excluding carboxylic acids is 1. The lowest BCUT2D eigenvalue weighted by Crippen LogP contribution is -2.22. The summed E-state index contributed by atoms with van der Waals surface area (Å²) < 4.78 is 12.6. The summed E-state index contributed by atoms with van der Waals surface area (Å²) in [5.74, 6) is 0.450. The minimum absolute atomic E-state index is 0.342. The van der Waals surface area contributed by atoms with E-state index >= 15 is 0 Å². The fraction of sp³-hybridized carbons (Fsp3) is 0.643. The van der Waals surface area contributed by atoms with Gasteiger partial charge in [0.1, 0.15) is 12.6 Å². The molecular weight excluding hydrogens is 318 g/mol. The summed E-state index contributed by atoms with van der Waals surface area (Å²) in [6.45, 7) is 12.2. The molecule has 0 aliphatic rings. The Hall–Kier alpha value is -1.25. The second kappa shape index (κ2) is 6.89. The lowest BCUT2D eigenvalue weighted by atomic mass is 10.6. The van der Waals surface area contributed by atoms with Crippen LogP contribution in [0.3, 0.4) is 0 Å². The molecule has 0 atom stereocenters. The molecule has 2 rings (SSSR count). The van der Waals surface area contributed by atoms with Gasteiger partial charge in [-0.2, -0.15) is 0 Å². The predicted octanol–water partition coefficient (Wildman–Crippen LogP) is 3.29. The molecule has 0 radical (unpaired) electrons. The van der Waals surface area contributed by atoms with Gasteiger partial charge in [0.2, 0.25) is 5.01 Å². The zero-order valence-corrected chi connectivity index (χ0v) is 15.6. The zero-order valence-electron chi connectivity index (χ0n) is 13.8. The van der Waals surface area contributed by atoms with Crippen molar-refractivity contribution in [3.05, 3.63) is 10.8 Å². The fourth-order valence-electron chi connectivity index (χ4n) is 1.88. The van der Waals surface area contributed by atoms with Gasteiger partial charge in [0, 0.05) is 14.7 Å². The number of hydrogen-bond acceptors (Lipinski definition) is 6. The molecule has 22 heavy (non-hydrogen) atoms. The second-order valence-corrected chi connectivity index (χ2v) is 12.9. The highest BCUT2D eigenvalue weighted by molar-refractivity contribution is 7.19. The monoisotopic (exact) mass is 341 g/mol. The van der Waals surface area contributed by atoms with Gasteiger partial charge in [-0.3, -0.25) is 4.57 Å². The first-order valence-corrected chi connectivity index (χ1v) is 11.9. The van der Waals surface area contributed by atoms with Gasteiger partial charge in [0.15, 0.2) is 10.5 Å². The molecule has 0 aliphatic carbocycles. The number of carbonyl (C=O) groups is 1. The minimum Gasteiger partial charge on any atom is -0.461 e. The van der Waals surface area contributed by atoms with Crippen LogP contribution in [0, 0.1) is 6.92 Å². The molecule has 122 valence electrons. The maximum atomic E-state index is 11.7. The molecule has 0 spiro atoms. The largest absolute Gasteiger partial charge is 0.461 e. The third-order valence-corrected chi connectivity index (χ3v) is 5.79. The van der Waals surface area contributed by atoms with Crippen LogP contribution in [0.15, 0.2) is 0 Å². The Morgan fingerprint density at radius 2 is 2.05 bits per heavy atom. The summed E-state index contributed by atoms with van der Waals surface area (Å²) in [7, 11) is -1.09. The van der Waals surface area contributed by atoms with E-state index in [1.807, 2.05) is 11.5 Å². The summed E-state index contributed by atoms with van der Waals surface area (Å²) in [5, 5.41) is 0.343. The van der Waals surface area contributed by atoms with Crippen molar-refractivity contribution < 1.29 is 14.3 Å². The third kappa shape index (κ3) is 4.14. The molecule has 2 aromatic heterocycles. The Morgan fingerprint density at radius 1 is 1.32 bits per heavy atom. The number of thiazole rings is 1. The zero-order chi connectivity index (χ0) is 16.3. The van der Waals surface area contributed by atoms with Gasteiger partial charge in [-0.05, 0) is 19.9 Å². The van der Waals surface area contributed by atoms with Crippen molar-refractivity contribution >= 4 is 35.9 Å². The van der Waals surface area contributed by atoms with Gasteiger partial charge < -0.3 is 9.47 Å². The summed E-state index contributed by atoms with van der Waals surface area (Å²) >= 11 is 1.26. The molecule has 0 saturated carbocycles. The molecule has 8 heteroatoms. The normalized spacial score (nSPS) is 12.0. The molecule has 0 saturated heterocycles. The Morgan fingerprint density at radius 3 is 2.68 bits per heavy atom. The van der Waals surface area contributed by atoms with Gasteiger partial charge in [-0.1, -0.05) is 31.0 Å². The first-order valence-electron chi connectivity index (χ1n) is 7.40. The number of nitrogens with zero attached hydrogens (tertiary/aromatic N) is 3. The van der Waals surface area contributed by atoms with Crippen LogP contribution in [-0.2, 0) is 16.2 Å². The fourth-order valence-corrected chi connectivity index (χ4v) is 3.52. The number of hydrogen-bond donors (Lipinski definition) is 0. The van der Waals surface area contributed by atoms with Crippen LogP contribution in [0.25, 0.3) is 10.5 Å². The molecule has 0 amide bonds. The highest BCUT2D eigenvalue weighted by Gasteiger charge is 2.19. The molecule has 0 aliphatic heterocycles. The van der Waals surface area contributed by atoms with E-state index in [1.54, 1.807) is 6.92 Å². The van der Waals surface area contributed by atoms with E-state index in [9.17, 15) is 4.79 Å². The van der Waals surface area contributed by atoms with Crippen molar-refractivity contribution in [1.82, 2.24) is 14.5 Å². The number of ether oxygens (including phenoxy) is 2. The smallest absolute Gasteiger partial charge is 0.367 e. The Labute approximate surface area is 135 Å². The molecule has 2 aromatic rings. The van der Waals surface area contributed by atoms with Crippen LogP contribution in [0.1, 0.15) is 22.6 Å². The standard InChI is InChI=1S/C14H23N3O3SSi/c1-6-20-14(18)13-16-11-12(21-13)15-10(2)17(11)9-19-7-8-22(3,4)5/h6-9H2,1-5H3. The molecule has 2 heterocycles.